The molecule has 154 valence electrons. The van der Waals surface area contributed by atoms with Crippen LogP contribution in [-0.2, 0) is 11.3 Å². The molecule has 29 heavy (non-hydrogen) atoms. The van der Waals surface area contributed by atoms with Crippen molar-refractivity contribution >= 4 is 46.6 Å². The Morgan fingerprint density at radius 3 is 2.21 bits per heavy atom. The molecule has 0 spiro atoms. The number of hydrogen-bond acceptors (Lipinski definition) is 3. The molecule has 2 aromatic rings. The van der Waals surface area contributed by atoms with E-state index in [4.69, 9.17) is 34.8 Å². The van der Waals surface area contributed by atoms with Crippen LogP contribution in [0.25, 0.3) is 0 Å². The lowest BCUT2D eigenvalue weighted by molar-refractivity contribution is -0.132. The highest BCUT2D eigenvalue weighted by Crippen LogP contribution is 2.23. The molecule has 0 saturated carbocycles. The first-order chi connectivity index (χ1) is 13.8. The number of amides is 2. The number of carbonyl (C=O) groups excluding carboxylic acids is 2. The van der Waals surface area contributed by atoms with E-state index < -0.39 is 0 Å². The maximum absolute atomic E-state index is 12.6. The van der Waals surface area contributed by atoms with Crippen molar-refractivity contribution in [1.29, 1.82) is 0 Å². The summed E-state index contributed by atoms with van der Waals surface area (Å²) in [5, 5.41) is 1.58. The molecule has 8 heteroatoms. The Labute approximate surface area is 185 Å². The third-order valence-electron chi connectivity index (χ3n) is 4.94. The van der Waals surface area contributed by atoms with E-state index in [1.807, 2.05) is 11.0 Å². The molecular weight excluding hydrogens is 433 g/mol. The Morgan fingerprint density at radius 1 is 0.931 bits per heavy atom. The van der Waals surface area contributed by atoms with Gasteiger partial charge in [-0.25, -0.2) is 0 Å². The van der Waals surface area contributed by atoms with Crippen molar-refractivity contribution in [2.75, 3.05) is 39.8 Å². The van der Waals surface area contributed by atoms with Crippen LogP contribution in [0.5, 0.6) is 0 Å². The van der Waals surface area contributed by atoms with E-state index in [-0.39, 0.29) is 11.8 Å². The molecule has 0 N–H and O–H groups in total. The van der Waals surface area contributed by atoms with Gasteiger partial charge in [0.15, 0.2) is 0 Å². The van der Waals surface area contributed by atoms with Crippen molar-refractivity contribution in [3.05, 3.63) is 68.7 Å². The minimum atomic E-state index is -0.00983. The molecule has 1 saturated heterocycles. The Kier molecular flexibility index (Phi) is 7.41. The smallest absolute Gasteiger partial charge is 0.253 e. The van der Waals surface area contributed by atoms with Crippen molar-refractivity contribution in [3.8, 4) is 0 Å². The fourth-order valence-corrected chi connectivity index (χ4v) is 3.64. The van der Waals surface area contributed by atoms with Gasteiger partial charge in [-0.3, -0.25) is 14.5 Å². The molecule has 2 amide bonds. The summed E-state index contributed by atoms with van der Waals surface area (Å²) in [6.45, 7) is 3.28. The number of halogens is 3. The van der Waals surface area contributed by atoms with E-state index in [0.29, 0.717) is 59.9 Å². The lowest BCUT2D eigenvalue weighted by atomic mass is 10.2. The van der Waals surface area contributed by atoms with E-state index in [1.54, 1.807) is 48.3 Å². The third-order valence-corrected chi connectivity index (χ3v) is 5.93. The molecule has 0 aromatic heterocycles. The Hall–Kier alpha value is -1.79. The summed E-state index contributed by atoms with van der Waals surface area (Å²) in [6, 6.07) is 12.3. The van der Waals surface area contributed by atoms with Crippen LogP contribution in [0.1, 0.15) is 15.9 Å². The van der Waals surface area contributed by atoms with E-state index in [2.05, 4.69) is 4.90 Å². The summed E-state index contributed by atoms with van der Waals surface area (Å²) in [5.41, 5.74) is 1.55. The molecule has 1 aliphatic rings. The predicted molar refractivity (Wildman–Crippen MR) is 117 cm³/mol. The molecule has 0 bridgehead atoms. The normalized spacial score (nSPS) is 14.7. The predicted octanol–water partition coefficient (Wildman–Crippen LogP) is 4.06. The van der Waals surface area contributed by atoms with E-state index in [1.165, 1.54) is 0 Å². The van der Waals surface area contributed by atoms with Gasteiger partial charge in [0.05, 0.1) is 16.6 Å². The minimum absolute atomic E-state index is 0.00983. The molecule has 5 nitrogen and oxygen atoms in total. The lowest BCUT2D eigenvalue weighted by Gasteiger charge is -2.35. The minimum Gasteiger partial charge on any atom is -0.340 e. The molecule has 0 radical (unpaired) electrons. The zero-order chi connectivity index (χ0) is 21.0. The van der Waals surface area contributed by atoms with Crippen LogP contribution in [0.2, 0.25) is 15.1 Å². The number of nitrogens with zero attached hydrogens (tertiary/aromatic N) is 3. The summed E-state index contributed by atoms with van der Waals surface area (Å²) in [6.07, 6.45) is 0. The second-order valence-electron chi connectivity index (χ2n) is 7.07. The Balaban J connectivity index is 1.48. The lowest BCUT2D eigenvalue weighted by Crippen LogP contribution is -2.51. The first-order valence-corrected chi connectivity index (χ1v) is 10.4. The van der Waals surface area contributed by atoms with Gasteiger partial charge in [-0.05, 0) is 42.0 Å². The summed E-state index contributed by atoms with van der Waals surface area (Å²) >= 11 is 17.9. The van der Waals surface area contributed by atoms with Crippen LogP contribution in [0.3, 0.4) is 0 Å². The number of rotatable bonds is 5. The van der Waals surface area contributed by atoms with E-state index in [9.17, 15) is 9.59 Å². The quantitative estimate of drug-likeness (QED) is 0.684. The second kappa shape index (κ2) is 9.81. The van der Waals surface area contributed by atoms with Gasteiger partial charge >= 0.3 is 0 Å². The first-order valence-electron chi connectivity index (χ1n) is 9.28. The molecule has 3 rings (SSSR count). The van der Waals surface area contributed by atoms with Crippen molar-refractivity contribution in [3.63, 3.8) is 0 Å². The van der Waals surface area contributed by atoms with E-state index in [0.717, 1.165) is 5.56 Å². The van der Waals surface area contributed by atoms with Crippen molar-refractivity contribution in [2.24, 2.45) is 0 Å². The van der Waals surface area contributed by atoms with Gasteiger partial charge in [0, 0.05) is 50.4 Å². The van der Waals surface area contributed by atoms with Crippen LogP contribution >= 0.6 is 34.8 Å². The Morgan fingerprint density at radius 2 is 1.59 bits per heavy atom. The topological polar surface area (TPSA) is 43.9 Å². The molecule has 0 atom stereocenters. The van der Waals surface area contributed by atoms with Crippen molar-refractivity contribution in [2.45, 2.75) is 6.54 Å². The zero-order valence-corrected chi connectivity index (χ0v) is 18.3. The number of likely N-dealkylation sites (N-methyl/N-ethyl adjacent to an activating group) is 1. The third kappa shape index (κ3) is 5.86. The zero-order valence-electron chi connectivity index (χ0n) is 16.1. The molecule has 0 aliphatic carbocycles. The standard InChI is InChI=1S/C21H22Cl3N3O2/c1-25(13-15-2-7-18(23)19(24)12-15)20(28)14-26-8-10-27(11-9-26)21(29)16-3-5-17(22)6-4-16/h2-7,12H,8-11,13-14H2,1H3. The SMILES string of the molecule is CN(Cc1ccc(Cl)c(Cl)c1)C(=O)CN1CCN(C(=O)c2ccc(Cl)cc2)CC1. The van der Waals surface area contributed by atoms with Crippen LogP contribution < -0.4 is 0 Å². The van der Waals surface area contributed by atoms with Gasteiger partial charge in [0.2, 0.25) is 5.91 Å². The Bertz CT molecular complexity index is 881. The van der Waals surface area contributed by atoms with Crippen molar-refractivity contribution < 1.29 is 9.59 Å². The molecule has 1 aliphatic heterocycles. The second-order valence-corrected chi connectivity index (χ2v) is 8.32. The van der Waals surface area contributed by atoms with Gasteiger partial charge in [-0.1, -0.05) is 40.9 Å². The monoisotopic (exact) mass is 453 g/mol. The average molecular weight is 455 g/mol. The number of benzene rings is 2. The van der Waals surface area contributed by atoms with Crippen LogP contribution in [-0.4, -0.2) is 66.3 Å². The van der Waals surface area contributed by atoms with Crippen LogP contribution in [0, 0.1) is 0 Å². The maximum atomic E-state index is 12.6. The first kappa shape index (κ1) is 21.9. The highest BCUT2D eigenvalue weighted by molar-refractivity contribution is 6.42. The highest BCUT2D eigenvalue weighted by atomic mass is 35.5. The van der Waals surface area contributed by atoms with Gasteiger partial charge in [-0.15, -0.1) is 0 Å². The highest BCUT2D eigenvalue weighted by Gasteiger charge is 2.24. The van der Waals surface area contributed by atoms with Crippen LogP contribution in [0.15, 0.2) is 42.5 Å². The van der Waals surface area contributed by atoms with Gasteiger partial charge < -0.3 is 9.80 Å². The fourth-order valence-electron chi connectivity index (χ4n) is 3.20. The summed E-state index contributed by atoms with van der Waals surface area (Å²) in [4.78, 5) is 30.7. The summed E-state index contributed by atoms with van der Waals surface area (Å²) in [5.74, 6) is 0.0120. The van der Waals surface area contributed by atoms with Gasteiger partial charge in [-0.2, -0.15) is 0 Å². The molecule has 0 unspecified atom stereocenters. The molecular formula is C21H22Cl3N3O2. The summed E-state index contributed by atoms with van der Waals surface area (Å²) < 4.78 is 0. The number of hydrogen-bond donors (Lipinski definition) is 0. The number of carbonyl (C=O) groups is 2. The largest absolute Gasteiger partial charge is 0.340 e. The number of piperazine rings is 1. The van der Waals surface area contributed by atoms with E-state index >= 15 is 0 Å². The van der Waals surface area contributed by atoms with Crippen LogP contribution in [0.4, 0.5) is 0 Å². The molecule has 1 fully saturated rings. The van der Waals surface area contributed by atoms with Crippen molar-refractivity contribution in [1.82, 2.24) is 14.7 Å². The maximum Gasteiger partial charge on any atom is 0.253 e. The molecule has 2 aromatic carbocycles. The fraction of sp³-hybridized carbons (Fsp3) is 0.333. The van der Waals surface area contributed by atoms with Gasteiger partial charge in [0.1, 0.15) is 0 Å². The van der Waals surface area contributed by atoms with Gasteiger partial charge in [0.25, 0.3) is 5.91 Å². The average Bonchev–Trinajstić information content (AvgIpc) is 2.71. The summed E-state index contributed by atoms with van der Waals surface area (Å²) in [7, 11) is 1.77. The molecule has 1 heterocycles.